The SMILES string of the molecule is CC(C)CON=C(C(=O)NC1C(=O)N2C(C(=O)O)=CCS[C@@H]12)c1csc(NC=O)n1. The molecule has 1 saturated heterocycles. The van der Waals surface area contributed by atoms with E-state index in [4.69, 9.17) is 4.84 Å². The number of rotatable bonds is 9. The van der Waals surface area contributed by atoms with Gasteiger partial charge in [0.25, 0.3) is 11.8 Å². The number of thioether (sulfide) groups is 1. The normalized spacial score (nSPS) is 20.8. The number of aliphatic carboxylic acids is 1. The first-order valence-corrected chi connectivity index (χ1v) is 10.8. The fraction of sp³-hybridized carbons (Fsp3) is 0.412. The van der Waals surface area contributed by atoms with Crippen LogP contribution < -0.4 is 10.6 Å². The third-order valence-corrected chi connectivity index (χ3v) is 6.02. The van der Waals surface area contributed by atoms with Crippen molar-refractivity contribution in [3.8, 4) is 0 Å². The van der Waals surface area contributed by atoms with Crippen LogP contribution in [0.2, 0.25) is 0 Å². The van der Waals surface area contributed by atoms with Crippen molar-refractivity contribution in [2.45, 2.75) is 25.3 Å². The van der Waals surface area contributed by atoms with Gasteiger partial charge in [-0.2, -0.15) is 0 Å². The highest BCUT2D eigenvalue weighted by molar-refractivity contribution is 8.00. The molecular weight excluding hydrogens is 434 g/mol. The molecule has 1 unspecified atom stereocenters. The van der Waals surface area contributed by atoms with Gasteiger partial charge in [-0.15, -0.1) is 23.1 Å². The van der Waals surface area contributed by atoms with Gasteiger partial charge in [0.2, 0.25) is 6.41 Å². The predicted octanol–water partition coefficient (Wildman–Crippen LogP) is 0.457. The van der Waals surface area contributed by atoms with Crippen LogP contribution in [0.3, 0.4) is 0 Å². The summed E-state index contributed by atoms with van der Waals surface area (Å²) in [4.78, 5) is 57.7. The number of amides is 3. The molecule has 3 heterocycles. The second kappa shape index (κ2) is 9.26. The van der Waals surface area contributed by atoms with Crippen LogP contribution in [0.4, 0.5) is 5.13 Å². The van der Waals surface area contributed by atoms with E-state index in [0.717, 1.165) is 16.2 Å². The number of β-lactam (4-membered cyclic amide) rings is 1. The van der Waals surface area contributed by atoms with Crippen molar-refractivity contribution in [2.24, 2.45) is 11.1 Å². The Morgan fingerprint density at radius 1 is 1.50 bits per heavy atom. The molecule has 13 heteroatoms. The van der Waals surface area contributed by atoms with Gasteiger partial charge >= 0.3 is 5.97 Å². The van der Waals surface area contributed by atoms with Crippen molar-refractivity contribution in [1.82, 2.24) is 15.2 Å². The van der Waals surface area contributed by atoms with Crippen molar-refractivity contribution >= 4 is 58.1 Å². The molecule has 30 heavy (non-hydrogen) atoms. The summed E-state index contributed by atoms with van der Waals surface area (Å²) in [6.07, 6.45) is 1.92. The molecule has 3 N–H and O–H groups in total. The monoisotopic (exact) mass is 453 g/mol. The highest BCUT2D eigenvalue weighted by Crippen LogP contribution is 2.37. The van der Waals surface area contributed by atoms with Crippen LogP contribution in [0, 0.1) is 5.92 Å². The number of carboxylic acids is 1. The number of oxime groups is 1. The van der Waals surface area contributed by atoms with E-state index < -0.39 is 29.2 Å². The van der Waals surface area contributed by atoms with Crippen LogP contribution in [0.25, 0.3) is 0 Å². The minimum atomic E-state index is -1.19. The first-order chi connectivity index (χ1) is 14.3. The summed E-state index contributed by atoms with van der Waals surface area (Å²) in [6.45, 7) is 4.10. The van der Waals surface area contributed by atoms with Crippen molar-refractivity contribution < 1.29 is 29.1 Å². The largest absolute Gasteiger partial charge is 0.477 e. The number of nitrogens with one attached hydrogen (secondary N) is 2. The number of hydrogen-bond donors (Lipinski definition) is 3. The number of anilines is 1. The lowest BCUT2D eigenvalue weighted by Gasteiger charge is -2.48. The smallest absolute Gasteiger partial charge is 0.352 e. The molecule has 160 valence electrons. The Bertz CT molecular complexity index is 927. The van der Waals surface area contributed by atoms with E-state index in [2.05, 4.69) is 20.8 Å². The van der Waals surface area contributed by atoms with Gasteiger partial charge in [-0.05, 0) is 12.0 Å². The summed E-state index contributed by atoms with van der Waals surface area (Å²) < 4.78 is 0. The summed E-state index contributed by atoms with van der Waals surface area (Å²) >= 11 is 2.44. The molecular formula is C17H19N5O6S2. The molecule has 0 aromatic carbocycles. The average Bonchev–Trinajstić information content (AvgIpc) is 3.16. The predicted molar refractivity (Wildman–Crippen MR) is 110 cm³/mol. The minimum absolute atomic E-state index is 0.0903. The molecule has 3 amide bonds. The number of thiazole rings is 1. The maximum Gasteiger partial charge on any atom is 0.352 e. The molecule has 1 aromatic rings. The van der Waals surface area contributed by atoms with E-state index in [9.17, 15) is 24.3 Å². The number of aromatic nitrogens is 1. The van der Waals surface area contributed by atoms with E-state index in [-0.39, 0.29) is 34.8 Å². The van der Waals surface area contributed by atoms with Crippen LogP contribution in [0.1, 0.15) is 19.5 Å². The van der Waals surface area contributed by atoms with Gasteiger partial charge < -0.3 is 20.6 Å². The van der Waals surface area contributed by atoms with Gasteiger partial charge in [-0.3, -0.25) is 19.3 Å². The van der Waals surface area contributed by atoms with Gasteiger partial charge in [0.05, 0.1) is 0 Å². The molecule has 2 aliphatic rings. The van der Waals surface area contributed by atoms with Crippen LogP contribution in [-0.4, -0.2) is 68.7 Å². The van der Waals surface area contributed by atoms with E-state index >= 15 is 0 Å². The van der Waals surface area contributed by atoms with Gasteiger partial charge in [0, 0.05) is 11.1 Å². The second-order valence-electron chi connectivity index (χ2n) is 6.71. The number of carbonyl (C=O) groups is 4. The second-order valence-corrected chi connectivity index (χ2v) is 8.72. The first-order valence-electron chi connectivity index (χ1n) is 8.88. The lowest BCUT2D eigenvalue weighted by atomic mass is 10.0. The summed E-state index contributed by atoms with van der Waals surface area (Å²) in [6, 6.07) is -0.896. The van der Waals surface area contributed by atoms with Gasteiger partial charge in [-0.1, -0.05) is 19.0 Å². The standard InChI is InChI=1S/C17H19N5O6S2/c1-8(2)5-28-21-11(9-6-30-17(19-9)18-7-23)13(24)20-12-14(25)22-10(16(26)27)3-4-29-15(12)22/h3,6-8,12,15H,4-5H2,1-2H3,(H,20,24)(H,26,27)(H,18,19,23)/t12?,15-/m0/s1. The zero-order valence-corrected chi connectivity index (χ0v) is 17.7. The Hall–Kier alpha value is -2.93. The quantitative estimate of drug-likeness (QED) is 0.211. The Morgan fingerprint density at radius 2 is 2.27 bits per heavy atom. The molecule has 11 nitrogen and oxygen atoms in total. The molecule has 1 aromatic heterocycles. The third-order valence-electron chi connectivity index (χ3n) is 4.06. The van der Waals surface area contributed by atoms with Gasteiger partial charge in [0.1, 0.15) is 29.4 Å². The maximum absolute atomic E-state index is 12.9. The molecule has 0 saturated carbocycles. The first kappa shape index (κ1) is 21.8. The number of carbonyl (C=O) groups excluding carboxylic acids is 3. The Balaban J connectivity index is 1.76. The summed E-state index contributed by atoms with van der Waals surface area (Å²) in [5, 5.41) is 19.4. The van der Waals surface area contributed by atoms with Gasteiger partial charge in [-0.25, -0.2) is 9.78 Å². The molecule has 0 bridgehead atoms. The van der Waals surface area contributed by atoms with Crippen molar-refractivity contribution in [1.29, 1.82) is 0 Å². The highest BCUT2D eigenvalue weighted by atomic mass is 32.2. The molecule has 1 fully saturated rings. The summed E-state index contributed by atoms with van der Waals surface area (Å²) in [7, 11) is 0. The zero-order valence-electron chi connectivity index (χ0n) is 16.0. The van der Waals surface area contributed by atoms with Crippen molar-refractivity contribution in [3.63, 3.8) is 0 Å². The topological polar surface area (TPSA) is 150 Å². The third kappa shape index (κ3) is 4.46. The number of fused-ring (bicyclic) bond motifs is 1. The molecule has 0 spiro atoms. The average molecular weight is 454 g/mol. The fourth-order valence-electron chi connectivity index (χ4n) is 2.70. The zero-order chi connectivity index (χ0) is 21.8. The van der Waals surface area contributed by atoms with Crippen LogP contribution >= 0.6 is 23.1 Å². The van der Waals surface area contributed by atoms with Gasteiger partial charge in [0.15, 0.2) is 10.8 Å². The maximum atomic E-state index is 12.9. The Kier molecular flexibility index (Phi) is 6.72. The lowest BCUT2D eigenvalue weighted by molar-refractivity contribution is -0.150. The molecule has 2 atom stereocenters. The highest BCUT2D eigenvalue weighted by Gasteiger charge is 2.53. The molecule has 0 aliphatic carbocycles. The van der Waals surface area contributed by atoms with E-state index in [1.54, 1.807) is 0 Å². The molecule has 0 radical (unpaired) electrons. The number of nitrogens with zero attached hydrogens (tertiary/aromatic N) is 3. The van der Waals surface area contributed by atoms with E-state index in [1.807, 2.05) is 13.8 Å². The van der Waals surface area contributed by atoms with E-state index in [1.165, 1.54) is 23.2 Å². The van der Waals surface area contributed by atoms with Crippen LogP contribution in [0.15, 0.2) is 22.3 Å². The van der Waals surface area contributed by atoms with Crippen LogP contribution in [0.5, 0.6) is 0 Å². The Labute approximate surface area is 179 Å². The lowest BCUT2D eigenvalue weighted by Crippen LogP contribution is -2.70. The van der Waals surface area contributed by atoms with Crippen molar-refractivity contribution in [3.05, 3.63) is 22.8 Å². The molecule has 3 rings (SSSR count). The number of carboxylic acid groups (broad SMARTS) is 1. The van der Waals surface area contributed by atoms with Crippen LogP contribution in [-0.2, 0) is 24.0 Å². The van der Waals surface area contributed by atoms with E-state index in [0.29, 0.717) is 12.2 Å². The van der Waals surface area contributed by atoms with Crippen molar-refractivity contribution in [2.75, 3.05) is 17.7 Å². The fourth-order valence-corrected chi connectivity index (χ4v) is 4.55. The Morgan fingerprint density at radius 3 is 2.93 bits per heavy atom. The summed E-state index contributed by atoms with van der Waals surface area (Å²) in [5.41, 5.74) is -0.0592. The number of hydrogen-bond acceptors (Lipinski definition) is 9. The molecule has 2 aliphatic heterocycles. The summed E-state index contributed by atoms with van der Waals surface area (Å²) in [5.74, 6) is -1.82. The minimum Gasteiger partial charge on any atom is -0.477 e.